The quantitative estimate of drug-likeness (QED) is 0.173. The number of hydrogen-bond acceptors (Lipinski definition) is 1. The molecule has 0 bridgehead atoms. The normalized spacial score (nSPS) is 13.1. The summed E-state index contributed by atoms with van der Waals surface area (Å²) >= 11 is 0. The summed E-state index contributed by atoms with van der Waals surface area (Å²) < 4.78 is 9.25. The van der Waals surface area contributed by atoms with E-state index in [1.807, 2.05) is 0 Å². The standard InChI is InChI=1S/C55H35NO/c1-4-17-38(18-5-1)55(39-19-6-2-7-20-39)48-27-13-10-25-44(48)53-43(26-16-28-49(53)55)47-35-37(34-46-42-24-12-15-30-52(42)57-54(46)47)36-31-32-51-45(33-36)41-23-11-14-29-50(41)56(51)40-21-8-3-9-22-40/h1-35H. The Bertz CT molecular complexity index is 3300. The van der Waals surface area contributed by atoms with Crippen LogP contribution in [0.5, 0.6) is 0 Å². The minimum absolute atomic E-state index is 0.493. The molecule has 12 rings (SSSR count). The zero-order chi connectivity index (χ0) is 37.5. The maximum atomic E-state index is 6.87. The molecular formula is C55H35NO. The number of hydrogen-bond donors (Lipinski definition) is 0. The molecule has 1 aliphatic rings. The second-order valence-electron chi connectivity index (χ2n) is 15.2. The molecule has 0 aliphatic heterocycles. The fourth-order valence-electron chi connectivity index (χ4n) is 9.92. The van der Waals surface area contributed by atoms with Crippen LogP contribution in [0.2, 0.25) is 0 Å². The summed E-state index contributed by atoms with van der Waals surface area (Å²) in [6, 6.07) is 77.4. The van der Waals surface area contributed by atoms with Crippen molar-refractivity contribution in [3.05, 3.63) is 235 Å². The molecule has 1 aliphatic carbocycles. The molecule has 0 saturated heterocycles. The predicted molar refractivity (Wildman–Crippen MR) is 236 cm³/mol. The van der Waals surface area contributed by atoms with Gasteiger partial charge >= 0.3 is 0 Å². The first-order chi connectivity index (χ1) is 28.3. The number of benzene rings is 9. The van der Waals surface area contributed by atoms with Gasteiger partial charge in [0, 0.05) is 32.8 Å². The molecule has 0 spiro atoms. The van der Waals surface area contributed by atoms with Crippen LogP contribution in [0.25, 0.3) is 82.8 Å². The van der Waals surface area contributed by atoms with Gasteiger partial charge in [-0.25, -0.2) is 0 Å². The van der Waals surface area contributed by atoms with Gasteiger partial charge in [-0.3, -0.25) is 0 Å². The average Bonchev–Trinajstić information content (AvgIpc) is 3.93. The Morgan fingerprint density at radius 2 is 0.965 bits per heavy atom. The van der Waals surface area contributed by atoms with Crippen molar-refractivity contribution >= 4 is 43.7 Å². The van der Waals surface area contributed by atoms with Crippen LogP contribution >= 0.6 is 0 Å². The molecule has 0 N–H and O–H groups in total. The molecule has 9 aromatic carbocycles. The van der Waals surface area contributed by atoms with Gasteiger partial charge in [-0.15, -0.1) is 0 Å². The van der Waals surface area contributed by atoms with Crippen LogP contribution in [-0.4, -0.2) is 4.57 Å². The minimum atomic E-state index is -0.493. The van der Waals surface area contributed by atoms with Crippen LogP contribution in [0.1, 0.15) is 22.3 Å². The summed E-state index contributed by atoms with van der Waals surface area (Å²) in [6.07, 6.45) is 0. The minimum Gasteiger partial charge on any atom is -0.455 e. The Morgan fingerprint density at radius 3 is 1.75 bits per heavy atom. The third-order valence-corrected chi connectivity index (χ3v) is 12.3. The highest BCUT2D eigenvalue weighted by atomic mass is 16.3. The van der Waals surface area contributed by atoms with E-state index in [1.54, 1.807) is 0 Å². The molecule has 2 aromatic heterocycles. The van der Waals surface area contributed by atoms with E-state index in [0.29, 0.717) is 0 Å². The number of para-hydroxylation sites is 3. The van der Waals surface area contributed by atoms with E-state index in [-0.39, 0.29) is 0 Å². The summed E-state index contributed by atoms with van der Waals surface area (Å²) in [6.45, 7) is 0. The number of furan rings is 1. The lowest BCUT2D eigenvalue weighted by Crippen LogP contribution is -2.28. The third-order valence-electron chi connectivity index (χ3n) is 12.3. The molecule has 11 aromatic rings. The van der Waals surface area contributed by atoms with Gasteiger partial charge in [0.25, 0.3) is 0 Å². The van der Waals surface area contributed by atoms with Gasteiger partial charge in [0.1, 0.15) is 11.2 Å². The van der Waals surface area contributed by atoms with Crippen molar-refractivity contribution in [1.82, 2.24) is 4.57 Å². The van der Waals surface area contributed by atoms with Gasteiger partial charge in [0.15, 0.2) is 0 Å². The highest BCUT2D eigenvalue weighted by Crippen LogP contribution is 2.59. The molecule has 0 unspecified atom stereocenters. The molecule has 57 heavy (non-hydrogen) atoms. The van der Waals surface area contributed by atoms with Crippen LogP contribution < -0.4 is 0 Å². The summed E-state index contributed by atoms with van der Waals surface area (Å²) in [4.78, 5) is 0. The summed E-state index contributed by atoms with van der Waals surface area (Å²) in [5.41, 5.74) is 17.0. The van der Waals surface area contributed by atoms with Gasteiger partial charge in [0.2, 0.25) is 0 Å². The van der Waals surface area contributed by atoms with Crippen molar-refractivity contribution in [2.24, 2.45) is 0 Å². The first-order valence-electron chi connectivity index (χ1n) is 19.7. The van der Waals surface area contributed by atoms with Gasteiger partial charge in [-0.05, 0) is 98.6 Å². The Labute approximate surface area is 330 Å². The molecule has 0 amide bonds. The van der Waals surface area contributed by atoms with Gasteiger partial charge in [-0.2, -0.15) is 0 Å². The number of aromatic nitrogens is 1. The van der Waals surface area contributed by atoms with E-state index in [9.17, 15) is 0 Å². The predicted octanol–water partition coefficient (Wildman–Crippen LogP) is 14.4. The Balaban J connectivity index is 1.15. The lowest BCUT2D eigenvalue weighted by atomic mass is 9.67. The van der Waals surface area contributed by atoms with Crippen LogP contribution in [0, 0.1) is 0 Å². The van der Waals surface area contributed by atoms with E-state index < -0.39 is 5.41 Å². The fraction of sp³-hybridized carbons (Fsp3) is 0.0182. The number of nitrogens with zero attached hydrogens (tertiary/aromatic N) is 1. The van der Waals surface area contributed by atoms with Gasteiger partial charge < -0.3 is 8.98 Å². The molecule has 2 nitrogen and oxygen atoms in total. The fourth-order valence-corrected chi connectivity index (χ4v) is 9.92. The van der Waals surface area contributed by atoms with Crippen LogP contribution in [0.3, 0.4) is 0 Å². The smallest absolute Gasteiger partial charge is 0.143 e. The maximum Gasteiger partial charge on any atom is 0.143 e. The van der Waals surface area contributed by atoms with E-state index >= 15 is 0 Å². The van der Waals surface area contributed by atoms with Crippen molar-refractivity contribution in [2.75, 3.05) is 0 Å². The molecule has 0 atom stereocenters. The highest BCUT2D eigenvalue weighted by molar-refractivity contribution is 6.14. The second-order valence-corrected chi connectivity index (χ2v) is 15.2. The molecule has 2 heterocycles. The second kappa shape index (κ2) is 12.3. The van der Waals surface area contributed by atoms with Crippen LogP contribution in [0.4, 0.5) is 0 Å². The van der Waals surface area contributed by atoms with Gasteiger partial charge in [-0.1, -0.05) is 164 Å². The molecular weight excluding hydrogens is 691 g/mol. The summed E-state index contributed by atoms with van der Waals surface area (Å²) in [7, 11) is 0. The Hall–Kier alpha value is -7.42. The number of fused-ring (bicyclic) bond motifs is 9. The molecule has 0 radical (unpaired) electrons. The lowest BCUT2D eigenvalue weighted by molar-refractivity contribution is 0.670. The van der Waals surface area contributed by atoms with Crippen LogP contribution in [-0.2, 0) is 5.41 Å². The SMILES string of the molecule is c1ccc(-n2c3ccccc3c3cc(-c4cc(-c5cccc6c5-c5ccccc5C6(c5ccccc5)c5ccccc5)c5oc6ccccc6c5c4)ccc32)cc1. The average molecular weight is 726 g/mol. The summed E-state index contributed by atoms with van der Waals surface area (Å²) in [5, 5.41) is 4.71. The Kier molecular flexibility index (Phi) is 6.88. The van der Waals surface area contributed by atoms with E-state index in [2.05, 4.69) is 217 Å². The first-order valence-corrected chi connectivity index (χ1v) is 19.7. The molecule has 0 fully saturated rings. The maximum absolute atomic E-state index is 6.87. The zero-order valence-electron chi connectivity index (χ0n) is 31.1. The van der Waals surface area contributed by atoms with E-state index in [1.165, 1.54) is 66.3 Å². The van der Waals surface area contributed by atoms with E-state index in [0.717, 1.165) is 38.8 Å². The lowest BCUT2D eigenvalue weighted by Gasteiger charge is -2.34. The molecule has 0 saturated carbocycles. The topological polar surface area (TPSA) is 18.1 Å². The first kappa shape index (κ1) is 31.9. The molecule has 266 valence electrons. The van der Waals surface area contributed by atoms with Crippen LogP contribution in [0.15, 0.2) is 217 Å². The largest absolute Gasteiger partial charge is 0.455 e. The van der Waals surface area contributed by atoms with Crippen molar-refractivity contribution < 1.29 is 4.42 Å². The van der Waals surface area contributed by atoms with E-state index in [4.69, 9.17) is 4.42 Å². The van der Waals surface area contributed by atoms with Gasteiger partial charge in [0.05, 0.1) is 16.4 Å². The monoisotopic (exact) mass is 725 g/mol. The third kappa shape index (κ3) is 4.53. The van der Waals surface area contributed by atoms with Crippen molar-refractivity contribution in [3.63, 3.8) is 0 Å². The van der Waals surface area contributed by atoms with Crippen molar-refractivity contribution in [3.8, 4) is 39.1 Å². The number of rotatable bonds is 5. The molecule has 2 heteroatoms. The van der Waals surface area contributed by atoms with Crippen molar-refractivity contribution in [2.45, 2.75) is 5.41 Å². The van der Waals surface area contributed by atoms with Crippen molar-refractivity contribution in [1.29, 1.82) is 0 Å². The zero-order valence-corrected chi connectivity index (χ0v) is 31.1. The summed E-state index contributed by atoms with van der Waals surface area (Å²) in [5.74, 6) is 0. The Morgan fingerprint density at radius 1 is 0.368 bits per heavy atom. The highest BCUT2D eigenvalue weighted by Gasteiger charge is 2.46.